The summed E-state index contributed by atoms with van der Waals surface area (Å²) in [4.78, 5) is 12.8. The van der Waals surface area contributed by atoms with E-state index >= 15 is 0 Å². The molecule has 3 rings (SSSR count). The molecule has 0 atom stereocenters. The van der Waals surface area contributed by atoms with Crippen molar-refractivity contribution in [2.75, 3.05) is 0 Å². The largest absolute Gasteiger partial charge is 0.299 e. The van der Waals surface area contributed by atoms with Crippen LogP contribution in [-0.2, 0) is 4.79 Å². The first-order chi connectivity index (χ1) is 11.6. The van der Waals surface area contributed by atoms with Gasteiger partial charge in [0.15, 0.2) is 0 Å². The molecule has 0 amide bonds. The van der Waals surface area contributed by atoms with Gasteiger partial charge in [-0.15, -0.1) is 0 Å². The molecule has 0 aromatic rings. The Morgan fingerprint density at radius 2 is 0.917 bits per heavy atom. The standard InChI is InChI=1S/C23H38O/c1-17-3-7-19(8-4-17)9-10-20-11-15-22(16-12-20)23(24)21-13-5-18(2)6-14-21/h9-10,17-22H,3-8,11-16H2,1-2H3/b10-9+. The van der Waals surface area contributed by atoms with Crippen LogP contribution >= 0.6 is 0 Å². The summed E-state index contributed by atoms with van der Waals surface area (Å²) < 4.78 is 0. The SMILES string of the molecule is CC1CCC(/C=C/C2CCC(C(=O)C3CCC(C)CC3)CC2)CC1. The molecule has 1 heteroatoms. The van der Waals surface area contributed by atoms with Gasteiger partial charge in [-0.25, -0.2) is 0 Å². The first-order valence-corrected chi connectivity index (χ1v) is 10.8. The van der Waals surface area contributed by atoms with Crippen molar-refractivity contribution in [1.29, 1.82) is 0 Å². The average Bonchev–Trinajstić information content (AvgIpc) is 2.62. The first-order valence-electron chi connectivity index (χ1n) is 10.8. The van der Waals surface area contributed by atoms with Gasteiger partial charge in [-0.3, -0.25) is 4.79 Å². The van der Waals surface area contributed by atoms with Gasteiger partial charge in [0.05, 0.1) is 0 Å². The summed E-state index contributed by atoms with van der Waals surface area (Å²) in [6.07, 6.45) is 20.3. The Kier molecular flexibility index (Phi) is 6.58. The fourth-order valence-corrected chi connectivity index (χ4v) is 5.27. The molecule has 136 valence electrons. The molecule has 0 aromatic carbocycles. The van der Waals surface area contributed by atoms with Crippen LogP contribution in [0.5, 0.6) is 0 Å². The van der Waals surface area contributed by atoms with E-state index in [1.165, 1.54) is 64.2 Å². The zero-order valence-corrected chi connectivity index (χ0v) is 16.0. The van der Waals surface area contributed by atoms with Crippen molar-refractivity contribution in [2.24, 2.45) is 35.5 Å². The van der Waals surface area contributed by atoms with Crippen LogP contribution < -0.4 is 0 Å². The zero-order valence-electron chi connectivity index (χ0n) is 16.0. The quantitative estimate of drug-likeness (QED) is 0.533. The Bertz CT molecular complexity index is 413. The third-order valence-electron chi connectivity index (χ3n) is 7.31. The van der Waals surface area contributed by atoms with Gasteiger partial charge < -0.3 is 0 Å². The highest BCUT2D eigenvalue weighted by atomic mass is 16.1. The van der Waals surface area contributed by atoms with Gasteiger partial charge in [0.1, 0.15) is 5.78 Å². The summed E-state index contributed by atoms with van der Waals surface area (Å²) in [5, 5.41) is 0. The van der Waals surface area contributed by atoms with Crippen LogP contribution in [0.3, 0.4) is 0 Å². The van der Waals surface area contributed by atoms with E-state index in [1.54, 1.807) is 0 Å². The molecule has 0 N–H and O–H groups in total. The lowest BCUT2D eigenvalue weighted by molar-refractivity contribution is -0.129. The minimum atomic E-state index is 0.392. The molecule has 0 aromatic heterocycles. The van der Waals surface area contributed by atoms with Gasteiger partial charge in [0.25, 0.3) is 0 Å². The van der Waals surface area contributed by atoms with Crippen molar-refractivity contribution in [3.63, 3.8) is 0 Å². The van der Waals surface area contributed by atoms with Crippen molar-refractivity contribution in [1.82, 2.24) is 0 Å². The van der Waals surface area contributed by atoms with Crippen molar-refractivity contribution >= 4 is 5.78 Å². The Morgan fingerprint density at radius 3 is 1.38 bits per heavy atom. The topological polar surface area (TPSA) is 17.1 Å². The number of allylic oxidation sites excluding steroid dienone is 2. The second-order valence-corrected chi connectivity index (χ2v) is 9.38. The zero-order chi connectivity index (χ0) is 16.9. The Balaban J connectivity index is 1.40. The van der Waals surface area contributed by atoms with Crippen molar-refractivity contribution in [3.05, 3.63) is 12.2 Å². The van der Waals surface area contributed by atoms with Crippen molar-refractivity contribution in [3.8, 4) is 0 Å². The highest BCUT2D eigenvalue weighted by molar-refractivity contribution is 5.83. The normalized spacial score (nSPS) is 41.4. The van der Waals surface area contributed by atoms with Gasteiger partial charge in [0, 0.05) is 11.8 Å². The van der Waals surface area contributed by atoms with Gasteiger partial charge in [-0.1, -0.05) is 51.7 Å². The molecule has 0 spiro atoms. The van der Waals surface area contributed by atoms with E-state index < -0.39 is 0 Å². The van der Waals surface area contributed by atoms with Crippen LogP contribution in [0.15, 0.2) is 12.2 Å². The van der Waals surface area contributed by atoms with Gasteiger partial charge in [0.2, 0.25) is 0 Å². The fourth-order valence-electron chi connectivity index (χ4n) is 5.27. The van der Waals surface area contributed by atoms with Crippen molar-refractivity contribution in [2.45, 2.75) is 90.9 Å². The number of Topliss-reactive ketones (excluding diaryl/α,β-unsaturated/α-hetero) is 1. The molecule has 0 aliphatic heterocycles. The Labute approximate surface area is 149 Å². The summed E-state index contributed by atoms with van der Waals surface area (Å²) in [5.74, 6) is 4.80. The smallest absolute Gasteiger partial charge is 0.139 e. The number of rotatable bonds is 4. The fraction of sp³-hybridized carbons (Fsp3) is 0.870. The molecular weight excluding hydrogens is 292 g/mol. The molecule has 0 unspecified atom stereocenters. The molecular formula is C23H38O. The molecule has 0 radical (unpaired) electrons. The number of hydrogen-bond donors (Lipinski definition) is 0. The molecule has 0 bridgehead atoms. The predicted molar refractivity (Wildman–Crippen MR) is 102 cm³/mol. The van der Waals surface area contributed by atoms with Crippen LogP contribution in [0, 0.1) is 35.5 Å². The number of carbonyl (C=O) groups excluding carboxylic acids is 1. The number of ketones is 1. The average molecular weight is 331 g/mol. The second kappa shape index (κ2) is 8.68. The maximum atomic E-state index is 12.8. The number of carbonyl (C=O) groups is 1. The monoisotopic (exact) mass is 330 g/mol. The Hall–Kier alpha value is -0.590. The van der Waals surface area contributed by atoms with E-state index in [0.29, 0.717) is 17.6 Å². The molecule has 3 saturated carbocycles. The lowest BCUT2D eigenvalue weighted by Gasteiger charge is -2.32. The van der Waals surface area contributed by atoms with E-state index in [-0.39, 0.29) is 0 Å². The van der Waals surface area contributed by atoms with Gasteiger partial charge >= 0.3 is 0 Å². The van der Waals surface area contributed by atoms with Crippen LogP contribution in [0.4, 0.5) is 0 Å². The minimum Gasteiger partial charge on any atom is -0.299 e. The van der Waals surface area contributed by atoms with E-state index in [2.05, 4.69) is 26.0 Å². The van der Waals surface area contributed by atoms with Gasteiger partial charge in [-0.2, -0.15) is 0 Å². The summed E-state index contributed by atoms with van der Waals surface area (Å²) in [7, 11) is 0. The third-order valence-corrected chi connectivity index (χ3v) is 7.31. The lowest BCUT2D eigenvalue weighted by atomic mass is 9.72. The molecule has 24 heavy (non-hydrogen) atoms. The highest BCUT2D eigenvalue weighted by Gasteiger charge is 2.32. The molecule has 0 heterocycles. The van der Waals surface area contributed by atoms with E-state index in [9.17, 15) is 4.79 Å². The lowest BCUT2D eigenvalue weighted by Crippen LogP contribution is -2.29. The summed E-state index contributed by atoms with van der Waals surface area (Å²) >= 11 is 0. The molecule has 3 fully saturated rings. The van der Waals surface area contributed by atoms with Crippen LogP contribution in [0.2, 0.25) is 0 Å². The van der Waals surface area contributed by atoms with E-state index in [1.807, 2.05) is 0 Å². The van der Waals surface area contributed by atoms with Gasteiger partial charge in [-0.05, 0) is 75.0 Å². The first kappa shape index (κ1) is 18.2. The maximum absolute atomic E-state index is 12.8. The summed E-state index contributed by atoms with van der Waals surface area (Å²) in [5.41, 5.74) is 0. The molecule has 3 aliphatic carbocycles. The molecule has 3 aliphatic rings. The minimum absolute atomic E-state index is 0.392. The summed E-state index contributed by atoms with van der Waals surface area (Å²) in [6.45, 7) is 4.73. The third kappa shape index (κ3) is 4.96. The second-order valence-electron chi connectivity index (χ2n) is 9.38. The summed E-state index contributed by atoms with van der Waals surface area (Å²) in [6, 6.07) is 0. The highest BCUT2D eigenvalue weighted by Crippen LogP contribution is 2.37. The Morgan fingerprint density at radius 1 is 0.583 bits per heavy atom. The van der Waals surface area contributed by atoms with Crippen LogP contribution in [0.25, 0.3) is 0 Å². The van der Waals surface area contributed by atoms with E-state index in [0.717, 1.165) is 36.5 Å². The molecule has 0 saturated heterocycles. The van der Waals surface area contributed by atoms with Crippen LogP contribution in [-0.4, -0.2) is 5.78 Å². The number of hydrogen-bond acceptors (Lipinski definition) is 1. The van der Waals surface area contributed by atoms with E-state index in [4.69, 9.17) is 0 Å². The van der Waals surface area contributed by atoms with Crippen molar-refractivity contribution < 1.29 is 4.79 Å². The maximum Gasteiger partial charge on any atom is 0.139 e. The predicted octanol–water partition coefficient (Wildman–Crippen LogP) is 6.57. The van der Waals surface area contributed by atoms with Crippen LogP contribution in [0.1, 0.15) is 90.9 Å². The molecule has 1 nitrogen and oxygen atoms in total.